The Kier molecular flexibility index (Phi) is 5.17. The molecule has 0 aliphatic rings. The van der Waals surface area contributed by atoms with Crippen LogP contribution in [0.2, 0.25) is 0 Å². The first-order valence-corrected chi connectivity index (χ1v) is 5.07. The molecule has 104 valence electrons. The van der Waals surface area contributed by atoms with Gasteiger partial charge in [0, 0.05) is 24.4 Å². The van der Waals surface area contributed by atoms with Gasteiger partial charge < -0.3 is 5.32 Å². The molecule has 0 unspecified atom stereocenters. The highest BCUT2D eigenvalue weighted by atomic mass is 35.5. The predicted molar refractivity (Wildman–Crippen MR) is 64.4 cm³/mol. The van der Waals surface area contributed by atoms with Crippen molar-refractivity contribution in [2.75, 3.05) is 5.32 Å². The first-order valence-electron chi connectivity index (χ1n) is 5.07. The van der Waals surface area contributed by atoms with Crippen molar-refractivity contribution in [1.82, 2.24) is 9.78 Å². The Morgan fingerprint density at radius 2 is 1.95 bits per heavy atom. The molecule has 1 N–H and O–H groups in total. The number of anilines is 1. The molecular weight excluding hydrogens is 286 g/mol. The van der Waals surface area contributed by atoms with Crippen molar-refractivity contribution in [2.45, 2.75) is 13.1 Å². The van der Waals surface area contributed by atoms with E-state index >= 15 is 0 Å². The van der Waals surface area contributed by atoms with E-state index in [0.29, 0.717) is 4.68 Å². The number of halogens is 5. The molecule has 8 heteroatoms. The van der Waals surface area contributed by atoms with Gasteiger partial charge in [0.05, 0.1) is 0 Å². The fraction of sp³-hybridized carbons (Fsp3) is 0.182. The van der Waals surface area contributed by atoms with Crippen LogP contribution in [0.25, 0.3) is 0 Å². The monoisotopic (exact) mass is 295 g/mol. The molecule has 0 saturated carbocycles. The second-order valence-corrected chi connectivity index (χ2v) is 3.55. The van der Waals surface area contributed by atoms with Gasteiger partial charge in [-0.3, -0.25) is 0 Å². The van der Waals surface area contributed by atoms with Gasteiger partial charge in [0.15, 0.2) is 0 Å². The number of nitrogens with zero attached hydrogens (tertiary/aromatic N) is 2. The van der Waals surface area contributed by atoms with Gasteiger partial charge in [-0.15, -0.1) is 12.4 Å². The molecule has 0 radical (unpaired) electrons. The van der Waals surface area contributed by atoms with E-state index in [2.05, 4.69) is 10.4 Å². The molecule has 3 nitrogen and oxygen atoms in total. The molecule has 0 fully saturated rings. The number of aromatic nitrogens is 2. The van der Waals surface area contributed by atoms with Crippen LogP contribution in [-0.4, -0.2) is 9.78 Å². The topological polar surface area (TPSA) is 29.9 Å². The van der Waals surface area contributed by atoms with E-state index in [1.807, 2.05) is 0 Å². The zero-order valence-corrected chi connectivity index (χ0v) is 10.3. The predicted octanol–water partition coefficient (Wildman–Crippen LogP) is 3.59. The maximum atomic E-state index is 13.3. The van der Waals surface area contributed by atoms with Crippen LogP contribution in [0.4, 0.5) is 23.4 Å². The normalized spacial score (nSPS) is 10.4. The van der Waals surface area contributed by atoms with Crippen molar-refractivity contribution in [3.05, 3.63) is 47.7 Å². The van der Waals surface area contributed by atoms with E-state index in [4.69, 9.17) is 0 Å². The molecule has 0 atom stereocenters. The van der Waals surface area contributed by atoms with E-state index < -0.39 is 18.2 Å². The van der Waals surface area contributed by atoms with Gasteiger partial charge in [-0.1, -0.05) is 0 Å². The van der Waals surface area contributed by atoms with Crippen LogP contribution in [0.1, 0.15) is 12.1 Å². The van der Waals surface area contributed by atoms with Crippen LogP contribution in [0, 0.1) is 11.6 Å². The van der Waals surface area contributed by atoms with E-state index in [1.54, 1.807) is 0 Å². The van der Waals surface area contributed by atoms with Gasteiger partial charge >= 0.3 is 6.55 Å². The molecule has 0 saturated heterocycles. The minimum Gasteiger partial charge on any atom is -0.364 e. The van der Waals surface area contributed by atoms with Crippen molar-refractivity contribution in [3.8, 4) is 0 Å². The summed E-state index contributed by atoms with van der Waals surface area (Å²) < 4.78 is 51.0. The lowest BCUT2D eigenvalue weighted by molar-refractivity contribution is 0.0569. The number of alkyl halides is 2. The molecule has 0 bridgehead atoms. The van der Waals surface area contributed by atoms with Crippen LogP contribution in [-0.2, 0) is 6.54 Å². The highest BCUT2D eigenvalue weighted by Crippen LogP contribution is 2.14. The smallest absolute Gasteiger partial charge is 0.333 e. The molecule has 1 aromatic heterocycles. The molecule has 1 aromatic carbocycles. The van der Waals surface area contributed by atoms with Gasteiger partial charge in [0.2, 0.25) is 0 Å². The van der Waals surface area contributed by atoms with Crippen molar-refractivity contribution < 1.29 is 17.6 Å². The maximum Gasteiger partial charge on any atom is 0.333 e. The molecule has 0 aliphatic heterocycles. The maximum absolute atomic E-state index is 13.3. The van der Waals surface area contributed by atoms with E-state index in [1.165, 1.54) is 6.07 Å². The molecule has 19 heavy (non-hydrogen) atoms. The van der Waals surface area contributed by atoms with Crippen LogP contribution in [0.5, 0.6) is 0 Å². The highest BCUT2D eigenvalue weighted by Gasteiger charge is 2.08. The van der Waals surface area contributed by atoms with E-state index in [0.717, 1.165) is 24.4 Å². The molecule has 0 amide bonds. The second kappa shape index (κ2) is 6.42. The summed E-state index contributed by atoms with van der Waals surface area (Å²) in [5.41, 5.74) is 0.0987. The molecule has 2 aromatic rings. The van der Waals surface area contributed by atoms with Crippen LogP contribution in [0.15, 0.2) is 30.5 Å². The van der Waals surface area contributed by atoms with Crippen LogP contribution < -0.4 is 5.32 Å². The lowest BCUT2D eigenvalue weighted by Crippen LogP contribution is -2.04. The zero-order valence-electron chi connectivity index (χ0n) is 9.49. The second-order valence-electron chi connectivity index (χ2n) is 3.55. The summed E-state index contributed by atoms with van der Waals surface area (Å²) in [4.78, 5) is 0. The molecular formula is C11H10ClF4N3. The summed E-state index contributed by atoms with van der Waals surface area (Å²) in [6.45, 7) is -2.77. The fourth-order valence-corrected chi connectivity index (χ4v) is 1.41. The average molecular weight is 296 g/mol. The SMILES string of the molecule is Cl.Fc1ccc(F)c(CNc2ccn(C(F)F)n2)c1. The Morgan fingerprint density at radius 3 is 2.58 bits per heavy atom. The van der Waals surface area contributed by atoms with Crippen molar-refractivity contribution >= 4 is 18.2 Å². The molecule has 0 aliphatic carbocycles. The lowest BCUT2D eigenvalue weighted by Gasteiger charge is -2.05. The largest absolute Gasteiger partial charge is 0.364 e. The van der Waals surface area contributed by atoms with E-state index in [-0.39, 0.29) is 30.3 Å². The van der Waals surface area contributed by atoms with Crippen molar-refractivity contribution in [1.29, 1.82) is 0 Å². The number of rotatable bonds is 4. The Hall–Kier alpha value is -1.76. The lowest BCUT2D eigenvalue weighted by atomic mass is 10.2. The van der Waals surface area contributed by atoms with Gasteiger partial charge in [0.25, 0.3) is 0 Å². The summed E-state index contributed by atoms with van der Waals surface area (Å²) in [6.07, 6.45) is 1.09. The van der Waals surface area contributed by atoms with Crippen LogP contribution >= 0.6 is 12.4 Å². The van der Waals surface area contributed by atoms with Crippen molar-refractivity contribution in [3.63, 3.8) is 0 Å². The summed E-state index contributed by atoms with van der Waals surface area (Å²) in [5.74, 6) is -0.970. The molecule has 0 spiro atoms. The van der Waals surface area contributed by atoms with Gasteiger partial charge in [-0.2, -0.15) is 13.9 Å². The van der Waals surface area contributed by atoms with Crippen LogP contribution in [0.3, 0.4) is 0 Å². The third-order valence-electron chi connectivity index (χ3n) is 2.28. The molecule has 1 heterocycles. The number of hydrogen-bond donors (Lipinski definition) is 1. The molecule has 2 rings (SSSR count). The third kappa shape index (κ3) is 3.85. The summed E-state index contributed by atoms with van der Waals surface area (Å²) in [7, 11) is 0. The summed E-state index contributed by atoms with van der Waals surface area (Å²) >= 11 is 0. The first kappa shape index (κ1) is 15.3. The number of nitrogens with one attached hydrogen (secondary N) is 1. The summed E-state index contributed by atoms with van der Waals surface area (Å²) in [5, 5.41) is 6.15. The zero-order chi connectivity index (χ0) is 13.1. The Balaban J connectivity index is 0.00000180. The Morgan fingerprint density at radius 1 is 1.21 bits per heavy atom. The minimum absolute atomic E-state index is 0. The summed E-state index contributed by atoms with van der Waals surface area (Å²) in [6, 6.07) is 4.37. The third-order valence-corrected chi connectivity index (χ3v) is 2.28. The average Bonchev–Trinajstić information content (AvgIpc) is 2.79. The quantitative estimate of drug-likeness (QED) is 0.874. The minimum atomic E-state index is -2.73. The standard InChI is InChI=1S/C11H9F4N3.ClH/c12-8-1-2-9(13)7(5-8)6-16-10-3-4-18(17-10)11(14)15;/h1-5,11H,6H2,(H,16,17);1H. The highest BCUT2D eigenvalue weighted by molar-refractivity contribution is 5.85. The number of benzene rings is 1. The Labute approximate surface area is 112 Å². The van der Waals surface area contributed by atoms with E-state index in [9.17, 15) is 17.6 Å². The fourth-order valence-electron chi connectivity index (χ4n) is 1.41. The van der Waals surface area contributed by atoms with Gasteiger partial charge in [0.1, 0.15) is 17.5 Å². The Bertz CT molecular complexity index is 544. The first-order chi connectivity index (χ1) is 8.56. The van der Waals surface area contributed by atoms with Gasteiger partial charge in [-0.25, -0.2) is 13.5 Å². The van der Waals surface area contributed by atoms with Gasteiger partial charge in [-0.05, 0) is 18.2 Å². The number of hydrogen-bond acceptors (Lipinski definition) is 2. The van der Waals surface area contributed by atoms with Crippen molar-refractivity contribution in [2.24, 2.45) is 0 Å².